The molecule has 1 N–H and O–H groups in total. The van der Waals surface area contributed by atoms with E-state index in [1.807, 2.05) is 0 Å². The van der Waals surface area contributed by atoms with E-state index in [1.54, 1.807) is 6.07 Å². The van der Waals surface area contributed by atoms with Crippen molar-refractivity contribution in [3.8, 4) is 5.75 Å². The zero-order valence-corrected chi connectivity index (χ0v) is 13.0. The Bertz CT molecular complexity index is 689. The van der Waals surface area contributed by atoms with Crippen molar-refractivity contribution in [1.29, 1.82) is 0 Å². The molecule has 1 saturated carbocycles. The van der Waals surface area contributed by atoms with Gasteiger partial charge in [0.1, 0.15) is 5.75 Å². The van der Waals surface area contributed by atoms with E-state index >= 15 is 0 Å². The number of methoxy groups -OCH3 is 1. The molecule has 3 rings (SSSR count). The Morgan fingerprint density at radius 2 is 2.08 bits per heavy atom. The van der Waals surface area contributed by atoms with Gasteiger partial charge in [-0.05, 0) is 31.4 Å². The van der Waals surface area contributed by atoms with Crippen molar-refractivity contribution in [2.75, 3.05) is 7.11 Å². The molecule has 1 aliphatic carbocycles. The maximum Gasteiger partial charge on any atom is 0.439 e. The lowest BCUT2D eigenvalue weighted by atomic mass is 9.80. The number of rotatable bonds is 2. The summed E-state index contributed by atoms with van der Waals surface area (Å²) in [6, 6.07) is 5.93. The Kier molecular flexibility index (Phi) is 4.03. The second-order valence-corrected chi connectivity index (χ2v) is 5.93. The van der Waals surface area contributed by atoms with Crippen molar-refractivity contribution in [3.05, 3.63) is 29.8 Å². The normalized spacial score (nSPS) is 26.8. The van der Waals surface area contributed by atoms with Crippen molar-refractivity contribution >= 4 is 11.6 Å². The fraction of sp³-hybridized carbons (Fsp3) is 0.500. The molecule has 1 aromatic carbocycles. The van der Waals surface area contributed by atoms with E-state index < -0.39 is 23.7 Å². The quantitative estimate of drug-likeness (QED) is 0.899. The van der Waals surface area contributed by atoms with Crippen molar-refractivity contribution in [2.24, 2.45) is 11.0 Å². The largest absolute Gasteiger partial charge is 0.496 e. The smallest absolute Gasteiger partial charge is 0.439 e. The number of ether oxygens (including phenoxy) is 1. The third kappa shape index (κ3) is 2.36. The Morgan fingerprint density at radius 1 is 1.38 bits per heavy atom. The molecule has 1 aromatic rings. The van der Waals surface area contributed by atoms with Crippen LogP contribution in [0.15, 0.2) is 29.4 Å². The number of fused-ring (bicyclic) bond motifs is 1. The first-order valence-electron chi connectivity index (χ1n) is 7.64. The summed E-state index contributed by atoms with van der Waals surface area (Å²) in [5.74, 6) is -2.12. The molecule has 0 saturated heterocycles. The Hall–Kier alpha value is -2.09. The van der Waals surface area contributed by atoms with E-state index in [0.29, 0.717) is 19.3 Å². The summed E-state index contributed by atoms with van der Waals surface area (Å²) in [5, 5.41) is 14.5. The number of carbonyl (C=O) groups is 1. The van der Waals surface area contributed by atoms with Crippen molar-refractivity contribution in [1.82, 2.24) is 5.01 Å². The summed E-state index contributed by atoms with van der Waals surface area (Å²) in [7, 11) is 1.32. The monoisotopic (exact) mass is 342 g/mol. The van der Waals surface area contributed by atoms with Crippen LogP contribution in [-0.4, -0.2) is 40.7 Å². The number of nitrogens with zero attached hydrogens (tertiary/aromatic N) is 2. The highest BCUT2D eigenvalue weighted by molar-refractivity contribution is 6.01. The minimum atomic E-state index is -5.02. The zero-order chi connectivity index (χ0) is 17.5. The average molecular weight is 342 g/mol. The summed E-state index contributed by atoms with van der Waals surface area (Å²) < 4.78 is 46.1. The van der Waals surface area contributed by atoms with Crippen LogP contribution >= 0.6 is 0 Å². The molecule has 8 heteroatoms. The van der Waals surface area contributed by atoms with Crippen molar-refractivity contribution < 1.29 is 27.8 Å². The van der Waals surface area contributed by atoms with Gasteiger partial charge >= 0.3 is 6.18 Å². The van der Waals surface area contributed by atoms with Gasteiger partial charge in [-0.1, -0.05) is 18.6 Å². The van der Waals surface area contributed by atoms with Crippen LogP contribution in [0.25, 0.3) is 0 Å². The summed E-state index contributed by atoms with van der Waals surface area (Å²) in [6.07, 6.45) is -3.28. The number of hydrogen-bond acceptors (Lipinski definition) is 4. The third-order valence-electron chi connectivity index (χ3n) is 4.56. The fourth-order valence-corrected chi connectivity index (χ4v) is 3.35. The second kappa shape index (κ2) is 5.77. The molecule has 5 nitrogen and oxygen atoms in total. The van der Waals surface area contributed by atoms with Crippen LogP contribution in [-0.2, 0) is 0 Å². The van der Waals surface area contributed by atoms with Gasteiger partial charge in [0, 0.05) is 5.71 Å². The molecule has 1 aliphatic heterocycles. The van der Waals surface area contributed by atoms with Gasteiger partial charge < -0.3 is 9.84 Å². The summed E-state index contributed by atoms with van der Waals surface area (Å²) in [4.78, 5) is 12.7. The molecular weight excluding hydrogens is 325 g/mol. The Morgan fingerprint density at radius 3 is 2.75 bits per heavy atom. The minimum Gasteiger partial charge on any atom is -0.496 e. The first-order valence-corrected chi connectivity index (χ1v) is 7.64. The van der Waals surface area contributed by atoms with Crippen LogP contribution in [0.2, 0.25) is 0 Å². The number of amides is 1. The number of aliphatic hydroxyl groups is 1. The van der Waals surface area contributed by atoms with E-state index in [1.165, 1.54) is 25.3 Å². The molecule has 0 unspecified atom stereocenters. The average Bonchev–Trinajstić information content (AvgIpc) is 2.88. The standard InChI is InChI=1S/C16H17F3N2O3/c1-24-13-9-5-2-6-10(13)14(22)21-15(23,16(17,18)19)11-7-3-4-8-12(11)20-21/h2,5-6,9,11,23H,3-4,7-8H2,1H3/t11-,15+/m0/s1. The molecule has 0 bridgehead atoms. The minimum absolute atomic E-state index is 0.0781. The molecule has 2 aliphatic rings. The van der Waals surface area contributed by atoms with Gasteiger partial charge in [-0.15, -0.1) is 0 Å². The second-order valence-electron chi connectivity index (χ2n) is 5.93. The highest BCUT2D eigenvalue weighted by atomic mass is 19.4. The van der Waals surface area contributed by atoms with Gasteiger partial charge in [0.05, 0.1) is 18.6 Å². The van der Waals surface area contributed by atoms with E-state index in [0.717, 1.165) is 0 Å². The Labute approximate surface area is 136 Å². The number of carbonyl (C=O) groups excluding carboxylic acids is 1. The maximum absolute atomic E-state index is 13.7. The molecule has 0 spiro atoms. The van der Waals surface area contributed by atoms with Gasteiger partial charge in [-0.3, -0.25) is 4.79 Å². The van der Waals surface area contributed by atoms with Crippen molar-refractivity contribution in [3.63, 3.8) is 0 Å². The van der Waals surface area contributed by atoms with Gasteiger partial charge in [-0.2, -0.15) is 23.3 Å². The van der Waals surface area contributed by atoms with Gasteiger partial charge in [0.25, 0.3) is 11.6 Å². The van der Waals surface area contributed by atoms with Crippen LogP contribution in [0, 0.1) is 5.92 Å². The van der Waals surface area contributed by atoms with Crippen LogP contribution in [0.3, 0.4) is 0 Å². The molecule has 24 heavy (non-hydrogen) atoms. The zero-order valence-electron chi connectivity index (χ0n) is 13.0. The van der Waals surface area contributed by atoms with Crippen LogP contribution in [0.1, 0.15) is 36.0 Å². The molecule has 130 valence electrons. The van der Waals surface area contributed by atoms with Crippen LogP contribution in [0.4, 0.5) is 13.2 Å². The summed E-state index contributed by atoms with van der Waals surface area (Å²) in [6.45, 7) is 0. The first-order chi connectivity index (χ1) is 11.3. The lowest BCUT2D eigenvalue weighted by molar-refractivity contribution is -0.312. The van der Waals surface area contributed by atoms with Crippen molar-refractivity contribution in [2.45, 2.75) is 37.6 Å². The van der Waals surface area contributed by atoms with E-state index in [4.69, 9.17) is 4.74 Å². The molecule has 1 amide bonds. The lowest BCUT2D eigenvalue weighted by Gasteiger charge is -2.38. The fourth-order valence-electron chi connectivity index (χ4n) is 3.35. The maximum atomic E-state index is 13.7. The lowest BCUT2D eigenvalue weighted by Crippen LogP contribution is -2.61. The third-order valence-corrected chi connectivity index (χ3v) is 4.56. The Balaban J connectivity index is 2.07. The number of hydrogen-bond donors (Lipinski definition) is 1. The van der Waals surface area contributed by atoms with Gasteiger partial charge in [0.2, 0.25) is 0 Å². The highest BCUT2D eigenvalue weighted by Gasteiger charge is 2.68. The summed E-state index contributed by atoms with van der Waals surface area (Å²) in [5.41, 5.74) is -3.17. The van der Waals surface area contributed by atoms with E-state index in [9.17, 15) is 23.1 Å². The number of benzene rings is 1. The topological polar surface area (TPSA) is 62.1 Å². The molecule has 1 fully saturated rings. The van der Waals surface area contributed by atoms with Crippen LogP contribution < -0.4 is 4.74 Å². The summed E-state index contributed by atoms with van der Waals surface area (Å²) >= 11 is 0. The van der Waals surface area contributed by atoms with Gasteiger partial charge in [0.15, 0.2) is 0 Å². The number of alkyl halides is 3. The SMILES string of the molecule is COc1ccccc1C(=O)N1N=C2CCCC[C@@H]2[C@@]1(O)C(F)(F)F. The first kappa shape index (κ1) is 16.8. The van der Waals surface area contributed by atoms with E-state index in [-0.39, 0.29) is 28.5 Å². The van der Waals surface area contributed by atoms with Crippen LogP contribution in [0.5, 0.6) is 5.75 Å². The van der Waals surface area contributed by atoms with E-state index in [2.05, 4.69) is 5.10 Å². The molecule has 0 aromatic heterocycles. The predicted molar refractivity (Wildman–Crippen MR) is 79.6 cm³/mol. The predicted octanol–water partition coefficient (Wildman–Crippen LogP) is 2.95. The highest BCUT2D eigenvalue weighted by Crippen LogP contribution is 2.48. The molecular formula is C16H17F3N2O3. The number of para-hydroxylation sites is 1. The number of halogens is 3. The van der Waals surface area contributed by atoms with Gasteiger partial charge in [-0.25, -0.2) is 0 Å². The number of hydrazone groups is 1. The molecule has 0 radical (unpaired) electrons. The molecule has 2 atom stereocenters. The molecule has 1 heterocycles.